The first kappa shape index (κ1) is 64.0. The number of aliphatic carboxylic acids is 1. The monoisotopic (exact) mass is 947 g/mol. The van der Waals surface area contributed by atoms with Crippen LogP contribution in [0.2, 0.25) is 0 Å². The molecule has 8 nitrogen and oxygen atoms in total. The number of allylic oxidation sites excluding steroid dienone is 18. The molecule has 2 atom stereocenters. The van der Waals surface area contributed by atoms with Crippen molar-refractivity contribution >= 4 is 17.9 Å². The standard InChI is InChI=1S/C60H99NO7/c1-6-8-10-12-14-16-18-20-22-24-26-28-29-31-32-34-36-38-40-42-44-46-48-50-58(62)67-55-56(54-66-53-52-57(60(64)65)61(3,4)5)68-59(63)51-49-47-45-43-41-39-37-35-33-30-27-25-23-21-19-17-15-13-11-9-7-2/h8,10,14-17,20-23,26-28,30-32,35,37,56-57H,6-7,9,11-13,18-19,24-25,29,33-34,36,38-55H2,1-5H3/p+1/b10-8+,16-14+,17-15+,22-20+,23-21+,28-26+,30-27+,32-31+,37-35+. The largest absolute Gasteiger partial charge is 0.477 e. The molecule has 2 unspecified atom stereocenters. The minimum absolute atomic E-state index is 0.0427. The third-order valence-corrected chi connectivity index (χ3v) is 11.4. The third-order valence-electron chi connectivity index (χ3n) is 11.4. The Morgan fingerprint density at radius 3 is 1.22 bits per heavy atom. The van der Waals surface area contributed by atoms with Crippen LogP contribution in [0.3, 0.4) is 0 Å². The number of carboxylic acids is 1. The zero-order valence-electron chi connectivity index (χ0n) is 44.0. The number of likely N-dealkylation sites (N-methyl/N-ethyl adjacent to an activating group) is 1. The van der Waals surface area contributed by atoms with Crippen molar-refractivity contribution in [3.05, 3.63) is 109 Å². The fourth-order valence-corrected chi connectivity index (χ4v) is 7.28. The van der Waals surface area contributed by atoms with E-state index in [2.05, 4.69) is 123 Å². The highest BCUT2D eigenvalue weighted by atomic mass is 16.6. The van der Waals surface area contributed by atoms with Gasteiger partial charge in [-0.3, -0.25) is 9.59 Å². The van der Waals surface area contributed by atoms with Crippen LogP contribution in [0, 0.1) is 0 Å². The molecule has 0 fully saturated rings. The quantitative estimate of drug-likeness (QED) is 0.0281. The summed E-state index contributed by atoms with van der Waals surface area (Å²) in [5.74, 6) is -1.51. The van der Waals surface area contributed by atoms with Gasteiger partial charge in [0.2, 0.25) is 0 Å². The number of hydrogen-bond donors (Lipinski definition) is 1. The maximum absolute atomic E-state index is 12.8. The van der Waals surface area contributed by atoms with E-state index in [4.69, 9.17) is 14.2 Å². The van der Waals surface area contributed by atoms with Crippen LogP contribution in [-0.4, -0.2) is 80.6 Å². The van der Waals surface area contributed by atoms with Crippen LogP contribution in [0.4, 0.5) is 0 Å². The molecule has 0 bridgehead atoms. The van der Waals surface area contributed by atoms with E-state index in [1.165, 1.54) is 51.4 Å². The number of carbonyl (C=O) groups excluding carboxylic acids is 2. The Balaban J connectivity index is 4.31. The smallest absolute Gasteiger partial charge is 0.362 e. The number of hydrogen-bond acceptors (Lipinski definition) is 6. The molecule has 0 aliphatic carbocycles. The fourth-order valence-electron chi connectivity index (χ4n) is 7.28. The number of carboxylic acid groups (broad SMARTS) is 1. The van der Waals surface area contributed by atoms with Gasteiger partial charge in [0.05, 0.1) is 34.4 Å². The first-order valence-corrected chi connectivity index (χ1v) is 26.9. The first-order valence-electron chi connectivity index (χ1n) is 26.9. The summed E-state index contributed by atoms with van der Waals surface area (Å²) in [5, 5.41) is 9.67. The maximum atomic E-state index is 12.8. The Hall–Kier alpha value is -4.01. The summed E-state index contributed by atoms with van der Waals surface area (Å²) in [4.78, 5) is 37.2. The maximum Gasteiger partial charge on any atom is 0.362 e. The summed E-state index contributed by atoms with van der Waals surface area (Å²) in [7, 11) is 5.52. The van der Waals surface area contributed by atoms with Crippen molar-refractivity contribution in [2.75, 3.05) is 41.0 Å². The Labute approximate surface area is 417 Å². The normalized spacial score (nSPS) is 13.7. The molecule has 68 heavy (non-hydrogen) atoms. The molecule has 0 aliphatic rings. The van der Waals surface area contributed by atoms with Crippen molar-refractivity contribution in [1.82, 2.24) is 0 Å². The van der Waals surface area contributed by atoms with Crippen molar-refractivity contribution < 1.29 is 38.2 Å². The molecule has 0 rings (SSSR count). The molecule has 0 spiro atoms. The molecule has 0 heterocycles. The summed E-state index contributed by atoms with van der Waals surface area (Å²) in [6, 6.07) is -0.628. The van der Waals surface area contributed by atoms with Gasteiger partial charge in [0.15, 0.2) is 12.1 Å². The van der Waals surface area contributed by atoms with Crippen LogP contribution in [0.15, 0.2) is 109 Å². The van der Waals surface area contributed by atoms with Crippen molar-refractivity contribution in [2.45, 2.75) is 212 Å². The molecule has 0 saturated carbocycles. The highest BCUT2D eigenvalue weighted by Gasteiger charge is 2.31. The lowest BCUT2D eigenvalue weighted by Crippen LogP contribution is -2.50. The number of carbonyl (C=O) groups is 3. The summed E-state index contributed by atoms with van der Waals surface area (Å²) in [6.45, 7) is 4.56. The molecule has 0 amide bonds. The Bertz CT molecular complexity index is 1470. The molecule has 0 aromatic carbocycles. The second-order valence-corrected chi connectivity index (χ2v) is 18.7. The van der Waals surface area contributed by atoms with Gasteiger partial charge in [-0.1, -0.05) is 187 Å². The zero-order chi connectivity index (χ0) is 49.9. The van der Waals surface area contributed by atoms with E-state index in [-0.39, 0.29) is 36.2 Å². The van der Waals surface area contributed by atoms with Crippen molar-refractivity contribution in [1.29, 1.82) is 0 Å². The summed E-state index contributed by atoms with van der Waals surface area (Å²) >= 11 is 0. The number of ether oxygens (including phenoxy) is 3. The molecule has 1 N–H and O–H groups in total. The van der Waals surface area contributed by atoms with Crippen LogP contribution in [0.5, 0.6) is 0 Å². The van der Waals surface area contributed by atoms with Crippen molar-refractivity contribution in [3.8, 4) is 0 Å². The van der Waals surface area contributed by atoms with Gasteiger partial charge >= 0.3 is 17.9 Å². The third kappa shape index (κ3) is 47.1. The Morgan fingerprint density at radius 1 is 0.456 bits per heavy atom. The van der Waals surface area contributed by atoms with E-state index in [1.54, 1.807) is 0 Å². The van der Waals surface area contributed by atoms with Crippen LogP contribution in [-0.2, 0) is 28.6 Å². The molecule has 0 aliphatic heterocycles. The SMILES string of the molecule is CC/C=C/C/C=C/C/C=C/C/C=C/C/C=C/CCCCCCCCCC(=O)OCC(COCCC(C(=O)O)[N+](C)(C)C)OC(=O)CCCCCCC/C=C/C/C=C/C/C=C/C/C=C/CCCCC. The number of esters is 2. The zero-order valence-corrected chi connectivity index (χ0v) is 44.0. The molecule has 0 radical (unpaired) electrons. The predicted molar refractivity (Wildman–Crippen MR) is 289 cm³/mol. The predicted octanol–water partition coefficient (Wildman–Crippen LogP) is 16.0. The van der Waals surface area contributed by atoms with Crippen LogP contribution >= 0.6 is 0 Å². The number of rotatable bonds is 47. The highest BCUT2D eigenvalue weighted by molar-refractivity contribution is 5.72. The summed E-state index contributed by atoms with van der Waals surface area (Å²) in [6.07, 6.45) is 68.5. The van der Waals surface area contributed by atoms with Gasteiger partial charge in [-0.05, 0) is 103 Å². The lowest BCUT2D eigenvalue weighted by atomic mass is 10.1. The van der Waals surface area contributed by atoms with Crippen molar-refractivity contribution in [3.63, 3.8) is 0 Å². The van der Waals surface area contributed by atoms with Crippen molar-refractivity contribution in [2.24, 2.45) is 0 Å². The van der Waals surface area contributed by atoms with Crippen LogP contribution in [0.25, 0.3) is 0 Å². The van der Waals surface area contributed by atoms with E-state index in [9.17, 15) is 19.5 Å². The van der Waals surface area contributed by atoms with Gasteiger partial charge in [0.25, 0.3) is 0 Å². The number of quaternary nitrogens is 1. The average molecular weight is 947 g/mol. The molecular weight excluding hydrogens is 847 g/mol. The Morgan fingerprint density at radius 2 is 0.824 bits per heavy atom. The van der Waals surface area contributed by atoms with Gasteiger partial charge in [0, 0.05) is 19.3 Å². The van der Waals surface area contributed by atoms with Gasteiger partial charge in [-0.25, -0.2) is 4.79 Å². The second kappa shape index (κ2) is 49.4. The van der Waals surface area contributed by atoms with E-state index >= 15 is 0 Å². The molecule has 0 aromatic rings. The topological polar surface area (TPSA) is 99.1 Å². The number of unbranched alkanes of at least 4 members (excludes halogenated alkanes) is 15. The van der Waals surface area contributed by atoms with Gasteiger partial charge in [-0.2, -0.15) is 0 Å². The highest BCUT2D eigenvalue weighted by Crippen LogP contribution is 2.14. The Kier molecular flexibility index (Phi) is 46.5. The summed E-state index contributed by atoms with van der Waals surface area (Å²) in [5.41, 5.74) is 0. The minimum atomic E-state index is -0.884. The fraction of sp³-hybridized carbons (Fsp3) is 0.650. The van der Waals surface area contributed by atoms with Crippen LogP contribution < -0.4 is 0 Å². The minimum Gasteiger partial charge on any atom is -0.477 e. The van der Waals surface area contributed by atoms with E-state index in [1.807, 2.05) is 21.1 Å². The van der Waals surface area contributed by atoms with E-state index < -0.39 is 18.1 Å². The molecule has 0 aromatic heterocycles. The lowest BCUT2D eigenvalue weighted by molar-refractivity contribution is -0.887. The first-order chi connectivity index (χ1) is 33.1. The lowest BCUT2D eigenvalue weighted by Gasteiger charge is -2.31. The van der Waals surface area contributed by atoms with Gasteiger partial charge < -0.3 is 23.8 Å². The van der Waals surface area contributed by atoms with E-state index in [0.717, 1.165) is 116 Å². The molecule has 386 valence electrons. The molecule has 8 heteroatoms. The average Bonchev–Trinajstić information content (AvgIpc) is 3.30. The van der Waals surface area contributed by atoms with Gasteiger partial charge in [0.1, 0.15) is 6.61 Å². The van der Waals surface area contributed by atoms with E-state index in [0.29, 0.717) is 19.3 Å². The number of nitrogens with zero attached hydrogens (tertiary/aromatic N) is 1. The molecule has 0 saturated heterocycles. The van der Waals surface area contributed by atoms with Gasteiger partial charge in [-0.15, -0.1) is 0 Å². The molecular formula is C60H100NO7+. The summed E-state index contributed by atoms with van der Waals surface area (Å²) < 4.78 is 17.3. The van der Waals surface area contributed by atoms with Crippen LogP contribution in [0.1, 0.15) is 200 Å². The second-order valence-electron chi connectivity index (χ2n) is 18.7.